The molecular weight excluding hydrogens is 215 g/mol. The fourth-order valence-corrected chi connectivity index (χ4v) is 1.61. The number of benzene rings is 1. The topological polar surface area (TPSA) is 26.0 Å². The minimum Gasteiger partial charge on any atom is -0.333 e. The second-order valence-electron chi connectivity index (χ2n) is 3.16. The highest BCUT2D eigenvalue weighted by Gasteiger charge is 2.34. The Kier molecular flexibility index (Phi) is 6.11. The second-order valence-corrected chi connectivity index (χ2v) is 3.16. The van der Waals surface area contributed by atoms with Gasteiger partial charge in [-0.25, -0.2) is 0 Å². The molecule has 0 aliphatic heterocycles. The van der Waals surface area contributed by atoms with Crippen molar-refractivity contribution in [2.24, 2.45) is 5.73 Å². The molecule has 0 radical (unpaired) electrons. The Morgan fingerprint density at radius 3 is 1.62 bits per heavy atom. The summed E-state index contributed by atoms with van der Waals surface area (Å²) >= 11 is 0. The Morgan fingerprint density at radius 1 is 1.00 bits per heavy atom. The standard InChI is InChI=1S/C11H13F3.CH5N/c1-3-8-6-5-7-9(4-2)10(8)11(12,13)14;1-2/h5-7H,3-4H2,1-2H3;2H2,1H3. The first kappa shape index (κ1) is 15.0. The molecule has 1 aromatic carbocycles. The van der Waals surface area contributed by atoms with Gasteiger partial charge in [-0.2, -0.15) is 13.2 Å². The molecule has 0 fully saturated rings. The number of nitrogens with two attached hydrogens (primary N) is 1. The van der Waals surface area contributed by atoms with E-state index in [2.05, 4.69) is 5.73 Å². The molecule has 0 heterocycles. The third kappa shape index (κ3) is 3.52. The van der Waals surface area contributed by atoms with Crippen LogP contribution < -0.4 is 5.73 Å². The van der Waals surface area contributed by atoms with Gasteiger partial charge in [0.05, 0.1) is 5.56 Å². The summed E-state index contributed by atoms with van der Waals surface area (Å²) in [4.78, 5) is 0. The van der Waals surface area contributed by atoms with E-state index in [-0.39, 0.29) is 0 Å². The van der Waals surface area contributed by atoms with Gasteiger partial charge >= 0.3 is 6.18 Å². The first-order valence-electron chi connectivity index (χ1n) is 5.26. The lowest BCUT2D eigenvalue weighted by Crippen LogP contribution is -2.12. The minimum atomic E-state index is -4.22. The highest BCUT2D eigenvalue weighted by molar-refractivity contribution is 5.37. The minimum absolute atomic E-state index is 0.386. The van der Waals surface area contributed by atoms with Crippen molar-refractivity contribution in [2.75, 3.05) is 7.05 Å². The van der Waals surface area contributed by atoms with Crippen molar-refractivity contribution < 1.29 is 13.2 Å². The summed E-state index contributed by atoms with van der Waals surface area (Å²) in [6, 6.07) is 4.77. The number of halogens is 3. The first-order chi connectivity index (χ1) is 7.50. The first-order valence-corrected chi connectivity index (χ1v) is 5.26. The lowest BCUT2D eigenvalue weighted by Gasteiger charge is -2.15. The molecular formula is C12H18F3N. The zero-order valence-corrected chi connectivity index (χ0v) is 9.86. The van der Waals surface area contributed by atoms with Gasteiger partial charge in [-0.05, 0) is 31.0 Å². The quantitative estimate of drug-likeness (QED) is 0.832. The predicted molar refractivity (Wildman–Crippen MR) is 60.3 cm³/mol. The number of hydrogen-bond donors (Lipinski definition) is 1. The van der Waals surface area contributed by atoms with E-state index in [1.807, 2.05) is 0 Å². The summed E-state index contributed by atoms with van der Waals surface area (Å²) in [5.41, 5.74) is 4.83. The molecule has 2 N–H and O–H groups in total. The molecule has 0 bridgehead atoms. The highest BCUT2D eigenvalue weighted by atomic mass is 19.4. The molecule has 4 heteroatoms. The van der Waals surface area contributed by atoms with Gasteiger partial charge in [0.1, 0.15) is 0 Å². The summed E-state index contributed by atoms with van der Waals surface area (Å²) in [5.74, 6) is 0. The van der Waals surface area contributed by atoms with Gasteiger partial charge in [-0.3, -0.25) is 0 Å². The monoisotopic (exact) mass is 233 g/mol. The van der Waals surface area contributed by atoms with Crippen molar-refractivity contribution in [3.05, 3.63) is 34.9 Å². The Bertz CT molecular complexity index is 296. The van der Waals surface area contributed by atoms with Crippen LogP contribution in [0.3, 0.4) is 0 Å². The van der Waals surface area contributed by atoms with Gasteiger partial charge in [-0.15, -0.1) is 0 Å². The zero-order valence-electron chi connectivity index (χ0n) is 9.86. The summed E-state index contributed by atoms with van der Waals surface area (Å²) in [7, 11) is 1.50. The molecule has 1 aromatic rings. The molecule has 0 amide bonds. The van der Waals surface area contributed by atoms with Crippen LogP contribution in [-0.2, 0) is 19.0 Å². The van der Waals surface area contributed by atoms with E-state index >= 15 is 0 Å². The van der Waals surface area contributed by atoms with Gasteiger partial charge in [0.15, 0.2) is 0 Å². The van der Waals surface area contributed by atoms with Crippen LogP contribution in [0.4, 0.5) is 13.2 Å². The number of aryl methyl sites for hydroxylation is 2. The maximum Gasteiger partial charge on any atom is 0.416 e. The fraction of sp³-hybridized carbons (Fsp3) is 0.500. The van der Waals surface area contributed by atoms with E-state index in [1.54, 1.807) is 32.0 Å². The molecule has 0 aromatic heterocycles. The third-order valence-corrected chi connectivity index (χ3v) is 2.28. The van der Waals surface area contributed by atoms with Crippen molar-refractivity contribution in [2.45, 2.75) is 32.9 Å². The largest absolute Gasteiger partial charge is 0.416 e. The van der Waals surface area contributed by atoms with Gasteiger partial charge < -0.3 is 5.73 Å². The van der Waals surface area contributed by atoms with Gasteiger partial charge in [0.25, 0.3) is 0 Å². The normalized spacial score (nSPS) is 10.7. The van der Waals surface area contributed by atoms with Crippen LogP contribution in [0.2, 0.25) is 0 Å². The number of rotatable bonds is 2. The third-order valence-electron chi connectivity index (χ3n) is 2.28. The molecule has 0 aliphatic rings. The summed E-state index contributed by atoms with van der Waals surface area (Å²) < 4.78 is 38.0. The molecule has 92 valence electrons. The van der Waals surface area contributed by atoms with Crippen molar-refractivity contribution in [3.63, 3.8) is 0 Å². The van der Waals surface area contributed by atoms with Crippen molar-refractivity contribution in [1.29, 1.82) is 0 Å². The van der Waals surface area contributed by atoms with Crippen LogP contribution in [0.25, 0.3) is 0 Å². The zero-order chi connectivity index (χ0) is 12.8. The number of hydrogen-bond acceptors (Lipinski definition) is 1. The van der Waals surface area contributed by atoms with E-state index in [0.717, 1.165) is 0 Å². The Hall–Kier alpha value is -1.03. The van der Waals surface area contributed by atoms with E-state index in [9.17, 15) is 13.2 Å². The average molecular weight is 233 g/mol. The lowest BCUT2D eigenvalue weighted by molar-refractivity contribution is -0.138. The Labute approximate surface area is 94.5 Å². The Balaban J connectivity index is 0.00000106. The SMILES string of the molecule is CCc1cccc(CC)c1C(F)(F)F.CN. The van der Waals surface area contributed by atoms with Crippen LogP contribution in [0.1, 0.15) is 30.5 Å². The lowest BCUT2D eigenvalue weighted by atomic mass is 9.97. The average Bonchev–Trinajstić information content (AvgIpc) is 2.29. The fourth-order valence-electron chi connectivity index (χ4n) is 1.61. The van der Waals surface area contributed by atoms with Crippen molar-refractivity contribution in [1.82, 2.24) is 0 Å². The smallest absolute Gasteiger partial charge is 0.333 e. The van der Waals surface area contributed by atoms with Crippen molar-refractivity contribution >= 4 is 0 Å². The van der Waals surface area contributed by atoms with Gasteiger partial charge in [-0.1, -0.05) is 32.0 Å². The van der Waals surface area contributed by atoms with Crippen LogP contribution in [-0.4, -0.2) is 7.05 Å². The van der Waals surface area contributed by atoms with E-state index in [1.165, 1.54) is 7.05 Å². The van der Waals surface area contributed by atoms with Crippen LogP contribution in [0.5, 0.6) is 0 Å². The molecule has 0 saturated carbocycles. The molecule has 0 atom stereocenters. The molecule has 16 heavy (non-hydrogen) atoms. The molecule has 0 unspecified atom stereocenters. The second kappa shape index (κ2) is 6.53. The van der Waals surface area contributed by atoms with Crippen LogP contribution in [0, 0.1) is 0 Å². The molecule has 0 saturated heterocycles. The van der Waals surface area contributed by atoms with E-state index in [4.69, 9.17) is 0 Å². The van der Waals surface area contributed by atoms with E-state index in [0.29, 0.717) is 24.0 Å². The summed E-state index contributed by atoms with van der Waals surface area (Å²) in [6.07, 6.45) is -3.39. The summed E-state index contributed by atoms with van der Waals surface area (Å²) in [5, 5.41) is 0. The van der Waals surface area contributed by atoms with Crippen LogP contribution in [0.15, 0.2) is 18.2 Å². The van der Waals surface area contributed by atoms with Crippen LogP contribution >= 0.6 is 0 Å². The molecule has 1 nitrogen and oxygen atoms in total. The Morgan fingerprint density at radius 2 is 1.38 bits per heavy atom. The van der Waals surface area contributed by atoms with Gasteiger partial charge in [0, 0.05) is 0 Å². The summed E-state index contributed by atoms with van der Waals surface area (Å²) in [6.45, 7) is 3.48. The predicted octanol–water partition coefficient (Wildman–Crippen LogP) is 3.41. The highest BCUT2D eigenvalue weighted by Crippen LogP contribution is 2.35. The molecule has 0 spiro atoms. The maximum absolute atomic E-state index is 12.7. The number of alkyl halides is 3. The molecule has 0 aliphatic carbocycles. The van der Waals surface area contributed by atoms with E-state index < -0.39 is 11.7 Å². The van der Waals surface area contributed by atoms with Crippen molar-refractivity contribution in [3.8, 4) is 0 Å². The molecule has 1 rings (SSSR count). The van der Waals surface area contributed by atoms with Gasteiger partial charge in [0.2, 0.25) is 0 Å². The maximum atomic E-state index is 12.7.